The molecule has 1 amide bonds. The van der Waals surface area contributed by atoms with Crippen LogP contribution in [0.15, 0.2) is 36.5 Å². The van der Waals surface area contributed by atoms with E-state index in [4.69, 9.17) is 5.26 Å². The monoisotopic (exact) mass is 211 g/mol. The molecule has 0 fully saturated rings. The Morgan fingerprint density at radius 2 is 2.19 bits per heavy atom. The number of benzene rings is 1. The molecule has 0 aliphatic carbocycles. The number of rotatable bonds is 2. The smallest absolute Gasteiger partial charge is 0.254 e. The normalized spacial score (nSPS) is 9.69. The Hall–Kier alpha value is -2.41. The van der Waals surface area contributed by atoms with Gasteiger partial charge in [0.2, 0.25) is 0 Å². The van der Waals surface area contributed by atoms with Crippen molar-refractivity contribution < 1.29 is 4.79 Å². The second kappa shape index (κ2) is 4.41. The van der Waals surface area contributed by atoms with Crippen molar-refractivity contribution in [2.45, 2.75) is 0 Å². The van der Waals surface area contributed by atoms with Gasteiger partial charge in [-0.05, 0) is 12.1 Å². The lowest BCUT2D eigenvalue weighted by Crippen LogP contribution is -2.23. The zero-order valence-electron chi connectivity index (χ0n) is 8.47. The molecular formula is C12H9N3O. The predicted octanol–water partition coefficient (Wildman–Crippen LogP) is 1.49. The summed E-state index contributed by atoms with van der Waals surface area (Å²) in [5.41, 5.74) is 1.15. The molecule has 2 aromatic rings. The number of aromatic nitrogens is 1. The van der Waals surface area contributed by atoms with Gasteiger partial charge in [-0.2, -0.15) is 5.26 Å². The van der Waals surface area contributed by atoms with Gasteiger partial charge in [0.15, 0.2) is 0 Å². The van der Waals surface area contributed by atoms with E-state index >= 15 is 0 Å². The van der Waals surface area contributed by atoms with E-state index in [-0.39, 0.29) is 12.5 Å². The maximum atomic E-state index is 11.7. The van der Waals surface area contributed by atoms with E-state index in [1.807, 2.05) is 24.3 Å². The van der Waals surface area contributed by atoms with Gasteiger partial charge in [-0.3, -0.25) is 9.78 Å². The summed E-state index contributed by atoms with van der Waals surface area (Å²) >= 11 is 0. The maximum Gasteiger partial charge on any atom is 0.254 e. The molecule has 1 heterocycles. The molecule has 4 nitrogen and oxygen atoms in total. The fraction of sp³-hybridized carbons (Fsp3) is 0.0833. The standard InChI is InChI=1S/C12H9N3O/c13-6-8-15-12(16)10-5-1-3-9-4-2-7-14-11(9)10/h1-5,7H,8H2,(H,15,16). The lowest BCUT2D eigenvalue weighted by atomic mass is 10.1. The highest BCUT2D eigenvalue weighted by atomic mass is 16.1. The number of amides is 1. The minimum atomic E-state index is -0.272. The molecule has 16 heavy (non-hydrogen) atoms. The lowest BCUT2D eigenvalue weighted by molar-refractivity contribution is 0.0960. The molecule has 4 heteroatoms. The van der Waals surface area contributed by atoms with Crippen LogP contribution in [0.3, 0.4) is 0 Å². The third kappa shape index (κ3) is 1.84. The van der Waals surface area contributed by atoms with Crippen LogP contribution in [-0.4, -0.2) is 17.4 Å². The Balaban J connectivity index is 2.45. The highest BCUT2D eigenvalue weighted by Crippen LogP contribution is 2.15. The first-order valence-corrected chi connectivity index (χ1v) is 4.82. The molecule has 0 saturated carbocycles. The van der Waals surface area contributed by atoms with E-state index < -0.39 is 0 Å². The van der Waals surface area contributed by atoms with Crippen molar-refractivity contribution in [1.29, 1.82) is 5.26 Å². The summed E-state index contributed by atoms with van der Waals surface area (Å²) in [6, 6.07) is 11.0. The number of carbonyl (C=O) groups excluding carboxylic acids is 1. The van der Waals surface area contributed by atoms with E-state index in [9.17, 15) is 4.79 Å². The summed E-state index contributed by atoms with van der Waals surface area (Å²) in [5.74, 6) is -0.272. The van der Waals surface area contributed by atoms with E-state index in [1.54, 1.807) is 18.3 Å². The summed E-state index contributed by atoms with van der Waals surface area (Å²) < 4.78 is 0. The Morgan fingerprint density at radius 3 is 3.00 bits per heavy atom. The molecule has 78 valence electrons. The van der Waals surface area contributed by atoms with Gasteiger partial charge in [-0.25, -0.2) is 0 Å². The number of para-hydroxylation sites is 1. The first kappa shape index (κ1) is 10.1. The molecule has 0 spiro atoms. The molecule has 0 bridgehead atoms. The van der Waals surface area contributed by atoms with Crippen molar-refractivity contribution in [1.82, 2.24) is 10.3 Å². The van der Waals surface area contributed by atoms with Gasteiger partial charge in [0.25, 0.3) is 5.91 Å². The van der Waals surface area contributed by atoms with Crippen molar-refractivity contribution in [3.63, 3.8) is 0 Å². The maximum absolute atomic E-state index is 11.7. The lowest BCUT2D eigenvalue weighted by Gasteiger charge is -2.04. The third-order valence-electron chi connectivity index (χ3n) is 2.21. The molecule has 0 unspecified atom stereocenters. The molecule has 1 aromatic heterocycles. The van der Waals surface area contributed by atoms with Gasteiger partial charge in [-0.1, -0.05) is 18.2 Å². The average Bonchev–Trinajstić information content (AvgIpc) is 2.35. The van der Waals surface area contributed by atoms with Crippen molar-refractivity contribution in [3.8, 4) is 6.07 Å². The van der Waals surface area contributed by atoms with Gasteiger partial charge < -0.3 is 5.32 Å². The second-order valence-corrected chi connectivity index (χ2v) is 3.22. The minimum absolute atomic E-state index is 0.00204. The number of nitriles is 1. The zero-order valence-corrected chi connectivity index (χ0v) is 8.47. The minimum Gasteiger partial charge on any atom is -0.339 e. The van der Waals surface area contributed by atoms with E-state index in [0.717, 1.165) is 5.39 Å². The van der Waals surface area contributed by atoms with Gasteiger partial charge >= 0.3 is 0 Å². The van der Waals surface area contributed by atoms with Crippen LogP contribution in [0, 0.1) is 11.3 Å². The fourth-order valence-corrected chi connectivity index (χ4v) is 1.50. The Bertz CT molecular complexity index is 566. The quantitative estimate of drug-likeness (QED) is 0.765. The SMILES string of the molecule is N#CCNC(=O)c1cccc2cccnc12. The number of hydrogen-bond donors (Lipinski definition) is 1. The molecule has 0 atom stereocenters. The molecule has 0 aliphatic heterocycles. The highest BCUT2D eigenvalue weighted by molar-refractivity contribution is 6.05. The average molecular weight is 211 g/mol. The van der Waals surface area contributed by atoms with Gasteiger partial charge in [0, 0.05) is 11.6 Å². The van der Waals surface area contributed by atoms with Gasteiger partial charge in [0.1, 0.15) is 6.54 Å². The Kier molecular flexibility index (Phi) is 2.79. The number of nitrogens with zero attached hydrogens (tertiary/aromatic N) is 2. The topological polar surface area (TPSA) is 65.8 Å². The first-order valence-electron chi connectivity index (χ1n) is 4.82. The van der Waals surface area contributed by atoms with Crippen LogP contribution in [0.5, 0.6) is 0 Å². The van der Waals surface area contributed by atoms with Crippen molar-refractivity contribution in [3.05, 3.63) is 42.1 Å². The number of hydrogen-bond acceptors (Lipinski definition) is 3. The molecule has 2 rings (SSSR count). The molecular weight excluding hydrogens is 202 g/mol. The third-order valence-corrected chi connectivity index (χ3v) is 2.21. The number of pyridine rings is 1. The van der Waals surface area contributed by atoms with E-state index in [0.29, 0.717) is 11.1 Å². The van der Waals surface area contributed by atoms with Crippen LogP contribution in [0.1, 0.15) is 10.4 Å². The van der Waals surface area contributed by atoms with Crippen LogP contribution in [0.2, 0.25) is 0 Å². The van der Waals surface area contributed by atoms with Crippen LogP contribution in [-0.2, 0) is 0 Å². The van der Waals surface area contributed by atoms with Gasteiger partial charge in [0.05, 0.1) is 17.1 Å². The van der Waals surface area contributed by atoms with Crippen molar-refractivity contribution in [2.75, 3.05) is 6.54 Å². The summed E-state index contributed by atoms with van der Waals surface area (Å²) in [6.45, 7) is 0.00204. The van der Waals surface area contributed by atoms with Crippen molar-refractivity contribution in [2.24, 2.45) is 0 Å². The number of nitrogens with one attached hydrogen (secondary N) is 1. The molecule has 0 saturated heterocycles. The second-order valence-electron chi connectivity index (χ2n) is 3.22. The van der Waals surface area contributed by atoms with E-state index in [1.165, 1.54) is 0 Å². The number of carbonyl (C=O) groups is 1. The number of fused-ring (bicyclic) bond motifs is 1. The van der Waals surface area contributed by atoms with E-state index in [2.05, 4.69) is 10.3 Å². The Labute approximate surface area is 92.5 Å². The summed E-state index contributed by atoms with van der Waals surface area (Å²) in [5, 5.41) is 11.8. The van der Waals surface area contributed by atoms with Gasteiger partial charge in [-0.15, -0.1) is 0 Å². The van der Waals surface area contributed by atoms with Crippen LogP contribution in [0.4, 0.5) is 0 Å². The summed E-state index contributed by atoms with van der Waals surface area (Å²) in [7, 11) is 0. The Morgan fingerprint density at radius 1 is 1.38 bits per heavy atom. The molecule has 1 N–H and O–H groups in total. The highest BCUT2D eigenvalue weighted by Gasteiger charge is 2.09. The molecule has 0 aliphatic rings. The van der Waals surface area contributed by atoms with Crippen LogP contribution < -0.4 is 5.32 Å². The predicted molar refractivity (Wildman–Crippen MR) is 59.7 cm³/mol. The van der Waals surface area contributed by atoms with Crippen LogP contribution >= 0.6 is 0 Å². The largest absolute Gasteiger partial charge is 0.339 e. The summed E-state index contributed by atoms with van der Waals surface area (Å²) in [4.78, 5) is 15.9. The zero-order chi connectivity index (χ0) is 11.4. The molecule has 0 radical (unpaired) electrons. The molecule has 1 aromatic carbocycles. The first-order chi connectivity index (χ1) is 7.83. The fourth-order valence-electron chi connectivity index (χ4n) is 1.50. The van der Waals surface area contributed by atoms with Crippen LogP contribution in [0.25, 0.3) is 10.9 Å². The summed E-state index contributed by atoms with van der Waals surface area (Å²) in [6.07, 6.45) is 1.64. The van der Waals surface area contributed by atoms with Crippen molar-refractivity contribution >= 4 is 16.8 Å².